The molecule has 0 spiro atoms. The Morgan fingerprint density at radius 3 is 2.89 bits per heavy atom. The second-order valence-electron chi connectivity index (χ2n) is 5.11. The Bertz CT molecular complexity index is 444. The van der Waals surface area contributed by atoms with Crippen molar-refractivity contribution in [3.63, 3.8) is 0 Å². The molecule has 1 aromatic rings. The number of hydrogen-bond acceptors (Lipinski definition) is 2. The van der Waals surface area contributed by atoms with Crippen molar-refractivity contribution in [3.8, 4) is 0 Å². The minimum atomic E-state index is 0.110. The van der Waals surface area contributed by atoms with Gasteiger partial charge >= 0.3 is 0 Å². The van der Waals surface area contributed by atoms with E-state index in [0.29, 0.717) is 0 Å². The van der Waals surface area contributed by atoms with Crippen LogP contribution in [0.3, 0.4) is 0 Å². The zero-order valence-electron chi connectivity index (χ0n) is 11.1. The summed E-state index contributed by atoms with van der Waals surface area (Å²) in [4.78, 5) is 13.8. The van der Waals surface area contributed by atoms with E-state index in [1.165, 1.54) is 24.9 Å². The molecule has 1 fully saturated rings. The van der Waals surface area contributed by atoms with E-state index in [2.05, 4.69) is 39.9 Å². The molecular formula is C15H20BrNO. The largest absolute Gasteiger partial charge is 0.371 e. The van der Waals surface area contributed by atoms with E-state index in [-0.39, 0.29) is 5.78 Å². The Morgan fingerprint density at radius 2 is 2.28 bits per heavy atom. The van der Waals surface area contributed by atoms with Crippen molar-refractivity contribution in [2.75, 3.05) is 18.0 Å². The molecule has 1 aliphatic rings. The quantitative estimate of drug-likeness (QED) is 0.774. The van der Waals surface area contributed by atoms with E-state index in [1.54, 1.807) is 6.92 Å². The Morgan fingerprint density at radius 1 is 1.50 bits per heavy atom. The lowest BCUT2D eigenvalue weighted by atomic mass is 10.0. The van der Waals surface area contributed by atoms with Crippen LogP contribution in [0.2, 0.25) is 0 Å². The first-order chi connectivity index (χ1) is 8.61. The van der Waals surface area contributed by atoms with Crippen molar-refractivity contribution < 1.29 is 4.79 Å². The fourth-order valence-corrected chi connectivity index (χ4v) is 3.34. The molecule has 1 unspecified atom stereocenters. The fourth-order valence-electron chi connectivity index (χ4n) is 2.70. The lowest BCUT2D eigenvalue weighted by molar-refractivity contribution is 0.101. The summed E-state index contributed by atoms with van der Waals surface area (Å²) < 4.78 is 0.909. The minimum Gasteiger partial charge on any atom is -0.371 e. The van der Waals surface area contributed by atoms with Gasteiger partial charge in [-0.1, -0.05) is 13.3 Å². The molecule has 1 atom stereocenters. The van der Waals surface area contributed by atoms with Crippen molar-refractivity contribution in [3.05, 3.63) is 28.2 Å². The predicted molar refractivity (Wildman–Crippen MR) is 79.4 cm³/mol. The van der Waals surface area contributed by atoms with Crippen molar-refractivity contribution in [1.82, 2.24) is 0 Å². The molecule has 1 aliphatic heterocycles. The van der Waals surface area contributed by atoms with Crippen LogP contribution in [-0.2, 0) is 0 Å². The average molecular weight is 310 g/mol. The summed E-state index contributed by atoms with van der Waals surface area (Å²) >= 11 is 3.49. The maximum Gasteiger partial charge on any atom is 0.160 e. The lowest BCUT2D eigenvalue weighted by Crippen LogP contribution is -2.19. The number of rotatable bonds is 4. The van der Waals surface area contributed by atoms with E-state index >= 15 is 0 Å². The molecule has 3 heteroatoms. The molecule has 1 saturated heterocycles. The van der Waals surface area contributed by atoms with E-state index in [0.717, 1.165) is 29.0 Å². The third kappa shape index (κ3) is 2.94. The number of nitrogens with zero attached hydrogens (tertiary/aromatic N) is 1. The molecule has 0 saturated carbocycles. The van der Waals surface area contributed by atoms with E-state index < -0.39 is 0 Å². The van der Waals surface area contributed by atoms with Gasteiger partial charge in [-0.05, 0) is 59.8 Å². The molecule has 0 aliphatic carbocycles. The van der Waals surface area contributed by atoms with Crippen LogP contribution in [0, 0.1) is 5.92 Å². The molecule has 1 aromatic carbocycles. The van der Waals surface area contributed by atoms with Crippen molar-refractivity contribution in [2.45, 2.75) is 33.1 Å². The topological polar surface area (TPSA) is 20.3 Å². The standard InChI is InChI=1S/C15H20BrNO/c1-3-4-12-7-8-17(10-12)13-5-6-14(11(2)18)15(16)9-13/h5-6,9,12H,3-4,7-8,10H2,1-2H3. The summed E-state index contributed by atoms with van der Waals surface area (Å²) in [6, 6.07) is 6.07. The highest BCUT2D eigenvalue weighted by molar-refractivity contribution is 9.10. The number of ketones is 1. The van der Waals surface area contributed by atoms with Gasteiger partial charge in [-0.15, -0.1) is 0 Å². The third-order valence-corrected chi connectivity index (χ3v) is 4.34. The predicted octanol–water partition coefficient (Wildman–Crippen LogP) is 4.28. The van der Waals surface area contributed by atoms with Crippen LogP contribution in [0.5, 0.6) is 0 Å². The van der Waals surface area contributed by atoms with Crippen LogP contribution in [0.15, 0.2) is 22.7 Å². The summed E-state index contributed by atoms with van der Waals surface area (Å²) in [6.07, 6.45) is 3.88. The zero-order chi connectivity index (χ0) is 13.1. The first kappa shape index (κ1) is 13.6. The second kappa shape index (κ2) is 5.87. The highest BCUT2D eigenvalue weighted by Crippen LogP contribution is 2.30. The Hall–Kier alpha value is -0.830. The van der Waals surface area contributed by atoms with Gasteiger partial charge in [-0.2, -0.15) is 0 Å². The van der Waals surface area contributed by atoms with Crippen LogP contribution in [0.4, 0.5) is 5.69 Å². The number of hydrogen-bond donors (Lipinski definition) is 0. The summed E-state index contributed by atoms with van der Waals surface area (Å²) in [7, 11) is 0. The van der Waals surface area contributed by atoms with Crippen molar-refractivity contribution in [2.24, 2.45) is 5.92 Å². The van der Waals surface area contributed by atoms with E-state index in [9.17, 15) is 4.79 Å². The number of anilines is 1. The van der Waals surface area contributed by atoms with E-state index in [1.807, 2.05) is 6.07 Å². The lowest BCUT2D eigenvalue weighted by Gasteiger charge is -2.19. The molecule has 1 heterocycles. The van der Waals surface area contributed by atoms with Crippen LogP contribution in [-0.4, -0.2) is 18.9 Å². The van der Waals surface area contributed by atoms with Gasteiger partial charge in [0.05, 0.1) is 0 Å². The number of Topliss-reactive ketones (excluding diaryl/α,β-unsaturated/α-hetero) is 1. The maximum atomic E-state index is 11.4. The molecule has 0 radical (unpaired) electrons. The monoisotopic (exact) mass is 309 g/mol. The van der Waals surface area contributed by atoms with Crippen LogP contribution >= 0.6 is 15.9 Å². The molecule has 2 nitrogen and oxygen atoms in total. The van der Waals surface area contributed by atoms with Crippen molar-refractivity contribution in [1.29, 1.82) is 0 Å². The number of benzene rings is 1. The summed E-state index contributed by atoms with van der Waals surface area (Å²) in [6.45, 7) is 6.14. The molecule has 18 heavy (non-hydrogen) atoms. The smallest absolute Gasteiger partial charge is 0.160 e. The third-order valence-electron chi connectivity index (χ3n) is 3.68. The maximum absolute atomic E-state index is 11.4. The number of carbonyl (C=O) groups is 1. The summed E-state index contributed by atoms with van der Waals surface area (Å²) in [5.41, 5.74) is 1.99. The molecule has 0 N–H and O–H groups in total. The van der Waals surface area contributed by atoms with Gasteiger partial charge in [-0.25, -0.2) is 0 Å². The zero-order valence-corrected chi connectivity index (χ0v) is 12.7. The van der Waals surface area contributed by atoms with Gasteiger partial charge in [-0.3, -0.25) is 4.79 Å². The fraction of sp³-hybridized carbons (Fsp3) is 0.533. The molecule has 0 amide bonds. The van der Waals surface area contributed by atoms with Gasteiger partial charge in [0.15, 0.2) is 5.78 Å². The van der Waals surface area contributed by atoms with Gasteiger partial charge in [0.2, 0.25) is 0 Å². The van der Waals surface area contributed by atoms with Crippen molar-refractivity contribution >= 4 is 27.4 Å². The van der Waals surface area contributed by atoms with Crippen LogP contribution < -0.4 is 4.90 Å². The molecular weight excluding hydrogens is 290 g/mol. The first-order valence-electron chi connectivity index (χ1n) is 6.67. The van der Waals surface area contributed by atoms with Crippen LogP contribution in [0.1, 0.15) is 43.5 Å². The molecule has 0 bridgehead atoms. The minimum absolute atomic E-state index is 0.110. The Labute approximate surface area is 117 Å². The van der Waals surface area contributed by atoms with Gasteiger partial charge < -0.3 is 4.90 Å². The van der Waals surface area contributed by atoms with E-state index in [4.69, 9.17) is 0 Å². The van der Waals surface area contributed by atoms with Gasteiger partial charge in [0.1, 0.15) is 0 Å². The molecule has 0 aromatic heterocycles. The van der Waals surface area contributed by atoms with Crippen LogP contribution in [0.25, 0.3) is 0 Å². The normalized spacial score (nSPS) is 19.3. The number of carbonyl (C=O) groups excluding carboxylic acids is 1. The SMILES string of the molecule is CCCC1CCN(c2ccc(C(C)=O)c(Br)c2)C1. The van der Waals surface area contributed by atoms with Gasteiger partial charge in [0, 0.05) is 28.8 Å². The average Bonchev–Trinajstić information content (AvgIpc) is 2.77. The first-order valence-corrected chi connectivity index (χ1v) is 7.46. The van der Waals surface area contributed by atoms with Gasteiger partial charge in [0.25, 0.3) is 0 Å². The number of halogens is 1. The second-order valence-corrected chi connectivity index (χ2v) is 5.96. The highest BCUT2D eigenvalue weighted by atomic mass is 79.9. The summed E-state index contributed by atoms with van der Waals surface area (Å²) in [5, 5.41) is 0. The summed E-state index contributed by atoms with van der Waals surface area (Å²) in [5.74, 6) is 0.944. The Kier molecular flexibility index (Phi) is 4.44. The Balaban J connectivity index is 2.11. The highest BCUT2D eigenvalue weighted by Gasteiger charge is 2.22. The molecule has 98 valence electrons. The molecule has 2 rings (SSSR count).